The highest BCUT2D eigenvalue weighted by atomic mass is 35.5. The van der Waals surface area contributed by atoms with Crippen LogP contribution in [0.1, 0.15) is 13.8 Å². The molecule has 0 spiro atoms. The summed E-state index contributed by atoms with van der Waals surface area (Å²) in [7, 11) is 0. The standard InChI is InChI=1S/C9H15ClO4/c1-4-12-8(3)14-9(5-10)6-13-7(2)11/h9H,3-6H2,1-2H3. The van der Waals surface area contributed by atoms with E-state index in [0.717, 1.165) is 0 Å². The van der Waals surface area contributed by atoms with Gasteiger partial charge in [0.15, 0.2) is 0 Å². The van der Waals surface area contributed by atoms with E-state index in [0.29, 0.717) is 6.61 Å². The Kier molecular flexibility index (Phi) is 7.02. The number of ether oxygens (including phenoxy) is 3. The second-order valence-electron chi connectivity index (χ2n) is 2.50. The third kappa shape index (κ3) is 6.60. The second-order valence-corrected chi connectivity index (χ2v) is 2.81. The lowest BCUT2D eigenvalue weighted by atomic mass is 10.4. The first-order chi connectivity index (χ1) is 6.60. The van der Waals surface area contributed by atoms with Gasteiger partial charge >= 0.3 is 5.97 Å². The Morgan fingerprint density at radius 1 is 1.50 bits per heavy atom. The van der Waals surface area contributed by atoms with Crippen LogP contribution in [0.25, 0.3) is 0 Å². The fraction of sp³-hybridized carbons (Fsp3) is 0.667. The van der Waals surface area contributed by atoms with Gasteiger partial charge in [-0.25, -0.2) is 0 Å². The van der Waals surface area contributed by atoms with Crippen molar-refractivity contribution in [3.8, 4) is 0 Å². The van der Waals surface area contributed by atoms with E-state index in [1.807, 2.05) is 6.92 Å². The SMILES string of the molecule is C=C(OCC)OC(CCl)COC(C)=O. The normalized spacial score (nSPS) is 11.6. The Bertz CT molecular complexity index is 193. The first-order valence-corrected chi connectivity index (χ1v) is 4.81. The van der Waals surface area contributed by atoms with Crippen molar-refractivity contribution in [1.82, 2.24) is 0 Å². The van der Waals surface area contributed by atoms with Crippen molar-refractivity contribution in [2.45, 2.75) is 20.0 Å². The molecule has 0 aromatic rings. The zero-order valence-electron chi connectivity index (χ0n) is 8.42. The molecule has 4 nitrogen and oxygen atoms in total. The van der Waals surface area contributed by atoms with Crippen molar-refractivity contribution in [3.05, 3.63) is 12.5 Å². The monoisotopic (exact) mass is 222 g/mol. The highest BCUT2D eigenvalue weighted by molar-refractivity contribution is 6.18. The number of halogens is 1. The minimum absolute atomic E-state index is 0.102. The van der Waals surface area contributed by atoms with Crippen molar-refractivity contribution in [2.75, 3.05) is 19.1 Å². The molecule has 0 aliphatic heterocycles. The van der Waals surface area contributed by atoms with Crippen LogP contribution in [-0.4, -0.2) is 31.2 Å². The maximum Gasteiger partial charge on any atom is 0.302 e. The fourth-order valence-electron chi connectivity index (χ4n) is 0.701. The maximum atomic E-state index is 10.5. The maximum absolute atomic E-state index is 10.5. The van der Waals surface area contributed by atoms with E-state index in [2.05, 4.69) is 6.58 Å². The third-order valence-corrected chi connectivity index (χ3v) is 1.59. The molecule has 0 N–H and O–H groups in total. The predicted octanol–water partition coefficient (Wildman–Crippen LogP) is 1.68. The van der Waals surface area contributed by atoms with Crippen LogP contribution in [0, 0.1) is 0 Å². The summed E-state index contributed by atoms with van der Waals surface area (Å²) in [4.78, 5) is 10.5. The van der Waals surface area contributed by atoms with Gasteiger partial charge in [0.1, 0.15) is 12.7 Å². The van der Waals surface area contributed by atoms with Gasteiger partial charge in [-0.3, -0.25) is 4.79 Å². The average molecular weight is 223 g/mol. The van der Waals surface area contributed by atoms with Gasteiger partial charge in [-0.15, -0.1) is 11.6 Å². The molecule has 82 valence electrons. The second kappa shape index (κ2) is 7.50. The summed E-state index contributed by atoms with van der Waals surface area (Å²) >= 11 is 5.58. The van der Waals surface area contributed by atoms with Crippen LogP contribution < -0.4 is 0 Å². The molecule has 14 heavy (non-hydrogen) atoms. The van der Waals surface area contributed by atoms with E-state index < -0.39 is 6.10 Å². The molecular formula is C9H15ClO4. The molecule has 0 aromatic heterocycles. The van der Waals surface area contributed by atoms with E-state index in [1.54, 1.807) is 0 Å². The third-order valence-electron chi connectivity index (χ3n) is 1.25. The van der Waals surface area contributed by atoms with Gasteiger partial charge in [0.2, 0.25) is 0 Å². The number of rotatable bonds is 7. The number of carbonyl (C=O) groups excluding carboxylic acids is 1. The topological polar surface area (TPSA) is 44.8 Å². The summed E-state index contributed by atoms with van der Waals surface area (Å²) in [5, 5.41) is 0. The molecule has 0 aliphatic rings. The van der Waals surface area contributed by atoms with Crippen LogP contribution in [0.2, 0.25) is 0 Å². The molecule has 0 aromatic carbocycles. The molecule has 0 aliphatic carbocycles. The highest BCUT2D eigenvalue weighted by Gasteiger charge is 2.12. The summed E-state index contributed by atoms with van der Waals surface area (Å²) in [6.07, 6.45) is -0.417. The van der Waals surface area contributed by atoms with Gasteiger partial charge in [0.25, 0.3) is 5.95 Å². The van der Waals surface area contributed by atoms with Gasteiger partial charge in [0, 0.05) is 6.92 Å². The van der Waals surface area contributed by atoms with Crippen LogP contribution in [0.5, 0.6) is 0 Å². The molecule has 5 heteroatoms. The van der Waals surface area contributed by atoms with Crippen LogP contribution >= 0.6 is 11.6 Å². The number of esters is 1. The van der Waals surface area contributed by atoms with Gasteiger partial charge in [-0.2, -0.15) is 0 Å². The predicted molar refractivity (Wildman–Crippen MR) is 53.0 cm³/mol. The summed E-state index contributed by atoms with van der Waals surface area (Å²) in [6.45, 7) is 7.23. The molecule has 0 rings (SSSR count). The van der Waals surface area contributed by atoms with E-state index >= 15 is 0 Å². The molecular weight excluding hydrogens is 208 g/mol. The minimum Gasteiger partial charge on any atom is -0.466 e. The lowest BCUT2D eigenvalue weighted by molar-refractivity contribution is -0.145. The Morgan fingerprint density at radius 2 is 2.14 bits per heavy atom. The van der Waals surface area contributed by atoms with E-state index in [9.17, 15) is 4.79 Å². The number of hydrogen-bond acceptors (Lipinski definition) is 4. The van der Waals surface area contributed by atoms with Crippen molar-refractivity contribution >= 4 is 17.6 Å². The van der Waals surface area contributed by atoms with E-state index in [-0.39, 0.29) is 24.4 Å². The molecule has 0 saturated carbocycles. The number of carbonyl (C=O) groups is 1. The zero-order valence-corrected chi connectivity index (χ0v) is 9.17. The van der Waals surface area contributed by atoms with Crippen molar-refractivity contribution in [2.24, 2.45) is 0 Å². The summed E-state index contributed by atoms with van der Waals surface area (Å²) in [5.74, 6) is 0.0235. The van der Waals surface area contributed by atoms with Gasteiger partial charge < -0.3 is 14.2 Å². The van der Waals surface area contributed by atoms with Crippen molar-refractivity contribution in [1.29, 1.82) is 0 Å². The molecule has 0 amide bonds. The van der Waals surface area contributed by atoms with Crippen LogP contribution in [0.15, 0.2) is 12.5 Å². The minimum atomic E-state index is -0.417. The van der Waals surface area contributed by atoms with Crippen LogP contribution in [0.3, 0.4) is 0 Å². The summed E-state index contributed by atoms with van der Waals surface area (Å²) in [6, 6.07) is 0. The molecule has 0 heterocycles. The Labute approximate surface area is 88.8 Å². The van der Waals surface area contributed by atoms with Crippen molar-refractivity contribution in [3.63, 3.8) is 0 Å². The Balaban J connectivity index is 3.78. The van der Waals surface area contributed by atoms with Crippen molar-refractivity contribution < 1.29 is 19.0 Å². The van der Waals surface area contributed by atoms with Crippen LogP contribution in [-0.2, 0) is 19.0 Å². The Hall–Kier alpha value is -0.900. The highest BCUT2D eigenvalue weighted by Crippen LogP contribution is 2.05. The quantitative estimate of drug-likeness (QED) is 0.374. The lowest BCUT2D eigenvalue weighted by Crippen LogP contribution is -2.23. The summed E-state index contributed by atoms with van der Waals surface area (Å²) < 4.78 is 14.9. The first-order valence-electron chi connectivity index (χ1n) is 4.27. The van der Waals surface area contributed by atoms with Crippen LogP contribution in [0.4, 0.5) is 0 Å². The number of hydrogen-bond donors (Lipinski definition) is 0. The van der Waals surface area contributed by atoms with Gasteiger partial charge in [0.05, 0.1) is 12.5 Å². The molecule has 1 atom stereocenters. The fourth-order valence-corrected chi connectivity index (χ4v) is 0.853. The summed E-state index contributed by atoms with van der Waals surface area (Å²) in [5.41, 5.74) is 0. The molecule has 0 fully saturated rings. The van der Waals surface area contributed by atoms with E-state index in [1.165, 1.54) is 6.92 Å². The van der Waals surface area contributed by atoms with E-state index in [4.69, 9.17) is 25.8 Å². The lowest BCUT2D eigenvalue weighted by Gasteiger charge is -2.17. The average Bonchev–Trinajstić information content (AvgIpc) is 2.12. The number of alkyl halides is 1. The van der Waals surface area contributed by atoms with Gasteiger partial charge in [-0.1, -0.05) is 0 Å². The first kappa shape index (κ1) is 13.1. The molecule has 0 bridgehead atoms. The molecule has 0 radical (unpaired) electrons. The smallest absolute Gasteiger partial charge is 0.302 e. The van der Waals surface area contributed by atoms with Gasteiger partial charge in [-0.05, 0) is 13.5 Å². The molecule has 0 saturated heterocycles. The molecule has 1 unspecified atom stereocenters. The zero-order chi connectivity index (χ0) is 11.0. The Morgan fingerprint density at radius 3 is 2.57 bits per heavy atom. The largest absolute Gasteiger partial charge is 0.466 e.